The van der Waals surface area contributed by atoms with Gasteiger partial charge in [-0.2, -0.15) is 0 Å². The smallest absolute Gasteiger partial charge is 0.306 e. The molecule has 0 aromatic carbocycles. The first-order valence-corrected chi connectivity index (χ1v) is 5.58. The molecule has 86 valence electrons. The van der Waals surface area contributed by atoms with E-state index in [1.165, 1.54) is 0 Å². The Hall–Kier alpha value is -0.860. The van der Waals surface area contributed by atoms with E-state index in [2.05, 4.69) is 13.8 Å². The molecule has 1 rings (SSSR count). The highest BCUT2D eigenvalue weighted by Gasteiger charge is 2.46. The summed E-state index contributed by atoms with van der Waals surface area (Å²) in [7, 11) is 0. The fraction of sp³-hybridized carbons (Fsp3) is 0.833. The third-order valence-electron chi connectivity index (χ3n) is 3.82. The van der Waals surface area contributed by atoms with Gasteiger partial charge in [-0.25, -0.2) is 0 Å². The SMILES string of the molecule is CCOC(=O)CC1CC(=O)C(C)C1(C)C. The molecule has 1 aliphatic carbocycles. The van der Waals surface area contributed by atoms with Crippen LogP contribution in [0.4, 0.5) is 0 Å². The summed E-state index contributed by atoms with van der Waals surface area (Å²) in [5, 5.41) is 0. The summed E-state index contributed by atoms with van der Waals surface area (Å²) in [5.41, 5.74) is -0.0795. The number of Topliss-reactive ketones (excluding diaryl/α,β-unsaturated/α-hetero) is 1. The lowest BCUT2D eigenvalue weighted by atomic mass is 9.75. The first kappa shape index (κ1) is 12.2. The minimum Gasteiger partial charge on any atom is -0.466 e. The summed E-state index contributed by atoms with van der Waals surface area (Å²) in [6, 6.07) is 0. The van der Waals surface area contributed by atoms with E-state index in [0.29, 0.717) is 19.4 Å². The number of rotatable bonds is 3. The van der Waals surface area contributed by atoms with Crippen LogP contribution in [0.1, 0.15) is 40.5 Å². The monoisotopic (exact) mass is 212 g/mol. The van der Waals surface area contributed by atoms with Crippen molar-refractivity contribution in [1.29, 1.82) is 0 Å². The molecule has 0 aromatic rings. The van der Waals surface area contributed by atoms with Crippen molar-refractivity contribution in [3.8, 4) is 0 Å². The molecule has 2 atom stereocenters. The van der Waals surface area contributed by atoms with E-state index in [-0.39, 0.29) is 29.0 Å². The Morgan fingerprint density at radius 1 is 1.53 bits per heavy atom. The second kappa shape index (κ2) is 4.33. The predicted octanol–water partition coefficient (Wildman–Crippen LogP) is 2.19. The Kier molecular flexibility index (Phi) is 3.53. The zero-order chi connectivity index (χ0) is 11.6. The van der Waals surface area contributed by atoms with Gasteiger partial charge in [0.1, 0.15) is 5.78 Å². The zero-order valence-corrected chi connectivity index (χ0v) is 10.0. The second-order valence-corrected chi connectivity index (χ2v) is 4.92. The van der Waals surface area contributed by atoms with E-state index < -0.39 is 0 Å². The third kappa shape index (κ3) is 2.39. The van der Waals surface area contributed by atoms with Crippen LogP contribution in [0.2, 0.25) is 0 Å². The minimum atomic E-state index is -0.183. The average Bonchev–Trinajstić information content (AvgIpc) is 2.31. The number of carbonyl (C=O) groups excluding carboxylic acids is 2. The van der Waals surface area contributed by atoms with Crippen molar-refractivity contribution in [2.45, 2.75) is 40.5 Å². The van der Waals surface area contributed by atoms with E-state index >= 15 is 0 Å². The lowest BCUT2D eigenvalue weighted by molar-refractivity contribution is -0.145. The van der Waals surface area contributed by atoms with Gasteiger partial charge in [-0.05, 0) is 18.3 Å². The molecular weight excluding hydrogens is 192 g/mol. The highest BCUT2D eigenvalue weighted by atomic mass is 16.5. The van der Waals surface area contributed by atoms with Crippen molar-refractivity contribution >= 4 is 11.8 Å². The molecule has 0 aromatic heterocycles. The van der Waals surface area contributed by atoms with Gasteiger partial charge in [0, 0.05) is 18.8 Å². The predicted molar refractivity (Wildman–Crippen MR) is 57.3 cm³/mol. The molecule has 0 spiro atoms. The van der Waals surface area contributed by atoms with Gasteiger partial charge in [-0.1, -0.05) is 20.8 Å². The highest BCUT2D eigenvalue weighted by molar-refractivity contribution is 5.85. The van der Waals surface area contributed by atoms with Crippen LogP contribution in [-0.2, 0) is 14.3 Å². The number of ether oxygens (including phenoxy) is 1. The molecule has 0 N–H and O–H groups in total. The highest BCUT2D eigenvalue weighted by Crippen LogP contribution is 2.46. The number of hydrogen-bond donors (Lipinski definition) is 0. The summed E-state index contributed by atoms with van der Waals surface area (Å²) in [4.78, 5) is 23.0. The minimum absolute atomic E-state index is 0.0527. The molecule has 0 bridgehead atoms. The lowest BCUT2D eigenvalue weighted by Crippen LogP contribution is -2.26. The Morgan fingerprint density at radius 3 is 2.53 bits per heavy atom. The van der Waals surface area contributed by atoms with Gasteiger partial charge in [0.05, 0.1) is 6.61 Å². The molecule has 3 nitrogen and oxygen atoms in total. The van der Waals surface area contributed by atoms with Crippen LogP contribution in [0.25, 0.3) is 0 Å². The average molecular weight is 212 g/mol. The van der Waals surface area contributed by atoms with Gasteiger partial charge >= 0.3 is 5.97 Å². The molecule has 1 aliphatic rings. The second-order valence-electron chi connectivity index (χ2n) is 4.92. The fourth-order valence-electron chi connectivity index (χ4n) is 2.21. The zero-order valence-electron chi connectivity index (χ0n) is 10.0. The van der Waals surface area contributed by atoms with Gasteiger partial charge in [0.25, 0.3) is 0 Å². The molecule has 2 unspecified atom stereocenters. The molecular formula is C12H20O3. The van der Waals surface area contributed by atoms with E-state index in [1.807, 2.05) is 6.92 Å². The van der Waals surface area contributed by atoms with Crippen LogP contribution in [0.5, 0.6) is 0 Å². The van der Waals surface area contributed by atoms with Crippen molar-refractivity contribution in [2.75, 3.05) is 6.61 Å². The van der Waals surface area contributed by atoms with Crippen LogP contribution >= 0.6 is 0 Å². The first-order valence-electron chi connectivity index (χ1n) is 5.58. The van der Waals surface area contributed by atoms with Crippen LogP contribution in [-0.4, -0.2) is 18.4 Å². The van der Waals surface area contributed by atoms with Gasteiger partial charge in [-0.15, -0.1) is 0 Å². The van der Waals surface area contributed by atoms with Crippen molar-refractivity contribution in [1.82, 2.24) is 0 Å². The van der Waals surface area contributed by atoms with Crippen molar-refractivity contribution in [2.24, 2.45) is 17.3 Å². The van der Waals surface area contributed by atoms with Crippen molar-refractivity contribution in [3.05, 3.63) is 0 Å². The third-order valence-corrected chi connectivity index (χ3v) is 3.82. The number of ketones is 1. The molecule has 0 heterocycles. The topological polar surface area (TPSA) is 43.4 Å². The fourth-order valence-corrected chi connectivity index (χ4v) is 2.21. The van der Waals surface area contributed by atoms with Crippen LogP contribution in [0.3, 0.4) is 0 Å². The molecule has 0 aliphatic heterocycles. The molecule has 1 saturated carbocycles. The molecule has 1 fully saturated rings. The van der Waals surface area contributed by atoms with Crippen LogP contribution < -0.4 is 0 Å². The maximum atomic E-state index is 11.6. The van der Waals surface area contributed by atoms with E-state index in [9.17, 15) is 9.59 Å². The van der Waals surface area contributed by atoms with Crippen molar-refractivity contribution < 1.29 is 14.3 Å². The van der Waals surface area contributed by atoms with Crippen molar-refractivity contribution in [3.63, 3.8) is 0 Å². The normalized spacial score (nSPS) is 29.2. The number of carbonyl (C=O) groups is 2. The lowest BCUT2D eigenvalue weighted by Gasteiger charge is -2.29. The van der Waals surface area contributed by atoms with Gasteiger partial charge in [0.15, 0.2) is 0 Å². The van der Waals surface area contributed by atoms with Gasteiger partial charge in [-0.3, -0.25) is 9.59 Å². The summed E-state index contributed by atoms with van der Waals surface area (Å²) in [6.45, 7) is 8.29. The Bertz CT molecular complexity index is 268. The van der Waals surface area contributed by atoms with Crippen LogP contribution in [0.15, 0.2) is 0 Å². The first-order chi connectivity index (χ1) is 6.89. The molecule has 0 radical (unpaired) electrons. The molecule has 0 saturated heterocycles. The quantitative estimate of drug-likeness (QED) is 0.673. The Balaban J connectivity index is 2.64. The maximum absolute atomic E-state index is 11.6. The standard InChI is InChI=1S/C12H20O3/c1-5-15-11(14)7-9-6-10(13)8(2)12(9,3)4/h8-9H,5-7H2,1-4H3. The van der Waals surface area contributed by atoms with E-state index in [1.54, 1.807) is 6.92 Å². The molecule has 15 heavy (non-hydrogen) atoms. The largest absolute Gasteiger partial charge is 0.466 e. The Morgan fingerprint density at radius 2 is 2.13 bits per heavy atom. The van der Waals surface area contributed by atoms with E-state index in [4.69, 9.17) is 4.74 Å². The molecule has 0 amide bonds. The summed E-state index contributed by atoms with van der Waals surface area (Å²) >= 11 is 0. The number of hydrogen-bond acceptors (Lipinski definition) is 3. The number of esters is 1. The summed E-state index contributed by atoms with van der Waals surface area (Å²) < 4.78 is 4.92. The maximum Gasteiger partial charge on any atom is 0.306 e. The Labute approximate surface area is 91.2 Å². The van der Waals surface area contributed by atoms with Gasteiger partial charge in [0.2, 0.25) is 0 Å². The molecule has 3 heteroatoms. The van der Waals surface area contributed by atoms with Gasteiger partial charge < -0.3 is 4.74 Å². The summed E-state index contributed by atoms with van der Waals surface area (Å²) in [5.74, 6) is 0.280. The van der Waals surface area contributed by atoms with Crippen LogP contribution in [0, 0.1) is 17.3 Å². The summed E-state index contributed by atoms with van der Waals surface area (Å²) in [6.07, 6.45) is 0.893. The van der Waals surface area contributed by atoms with E-state index in [0.717, 1.165) is 0 Å².